The van der Waals surface area contributed by atoms with E-state index in [0.29, 0.717) is 0 Å². The Morgan fingerprint density at radius 3 is 2.20 bits per heavy atom. The molecule has 3 unspecified atom stereocenters. The van der Waals surface area contributed by atoms with Crippen molar-refractivity contribution < 1.29 is 13.6 Å². The van der Waals surface area contributed by atoms with E-state index in [0.717, 1.165) is 43.0 Å². The van der Waals surface area contributed by atoms with E-state index in [1.807, 2.05) is 5.41 Å². The topological polar surface area (TPSA) is 47.6 Å². The maximum atomic E-state index is 13.3. The highest BCUT2D eigenvalue weighted by Crippen LogP contribution is 2.38. The van der Waals surface area contributed by atoms with Crippen molar-refractivity contribution in [3.8, 4) is 0 Å². The second kappa shape index (κ2) is 8.02. The van der Waals surface area contributed by atoms with Gasteiger partial charge in [0.2, 0.25) is 5.91 Å². The molecule has 2 saturated heterocycles. The quantitative estimate of drug-likeness (QED) is 0.787. The standard InChI is InChI=1S/C22H22F2N4OS/c23-15-3-1-14(2-4-15)18-13-30-20-19(18)25-22(26-21(20)29)28-11-9-27(10-12-28)17-7-5-16(24)6-8-17/h1-8,13,19-20,22,25H,9-12H2,(H,26,29). The molecule has 156 valence electrons. The highest BCUT2D eigenvalue weighted by Gasteiger charge is 2.43. The first kappa shape index (κ1) is 19.5. The van der Waals surface area contributed by atoms with Gasteiger partial charge in [-0.2, -0.15) is 0 Å². The molecule has 2 aromatic carbocycles. The molecule has 0 bridgehead atoms. The second-order valence-corrected chi connectivity index (χ2v) is 8.71. The van der Waals surface area contributed by atoms with E-state index in [1.165, 1.54) is 36.0 Å². The van der Waals surface area contributed by atoms with Crippen molar-refractivity contribution >= 4 is 28.9 Å². The van der Waals surface area contributed by atoms with Crippen molar-refractivity contribution in [2.45, 2.75) is 17.6 Å². The van der Waals surface area contributed by atoms with E-state index in [1.54, 1.807) is 24.3 Å². The van der Waals surface area contributed by atoms with E-state index in [2.05, 4.69) is 20.4 Å². The molecule has 8 heteroatoms. The van der Waals surface area contributed by atoms with E-state index >= 15 is 0 Å². The maximum absolute atomic E-state index is 13.3. The molecule has 1 amide bonds. The molecule has 2 aromatic rings. The summed E-state index contributed by atoms with van der Waals surface area (Å²) in [5.41, 5.74) is 2.96. The summed E-state index contributed by atoms with van der Waals surface area (Å²) in [5.74, 6) is -0.489. The van der Waals surface area contributed by atoms with Gasteiger partial charge in [-0.15, -0.1) is 11.8 Å². The number of carbonyl (C=O) groups is 1. The summed E-state index contributed by atoms with van der Waals surface area (Å²) in [7, 11) is 0. The maximum Gasteiger partial charge on any atom is 0.237 e. The smallest absolute Gasteiger partial charge is 0.237 e. The molecule has 3 atom stereocenters. The summed E-state index contributed by atoms with van der Waals surface area (Å²) in [4.78, 5) is 17.2. The van der Waals surface area contributed by atoms with Crippen molar-refractivity contribution in [3.05, 3.63) is 71.1 Å². The van der Waals surface area contributed by atoms with Crippen molar-refractivity contribution in [3.63, 3.8) is 0 Å². The molecule has 0 saturated carbocycles. The zero-order chi connectivity index (χ0) is 20.7. The summed E-state index contributed by atoms with van der Waals surface area (Å²) in [6.07, 6.45) is -0.253. The molecule has 0 spiro atoms. The molecular weight excluding hydrogens is 406 g/mol. The number of thioether (sulfide) groups is 1. The number of anilines is 1. The van der Waals surface area contributed by atoms with E-state index in [-0.39, 0.29) is 35.1 Å². The van der Waals surface area contributed by atoms with Crippen LogP contribution in [0.25, 0.3) is 5.57 Å². The molecule has 3 aliphatic rings. The third-order valence-electron chi connectivity index (χ3n) is 5.90. The number of hydrogen-bond acceptors (Lipinski definition) is 5. The lowest BCUT2D eigenvalue weighted by atomic mass is 9.96. The van der Waals surface area contributed by atoms with Gasteiger partial charge in [0.05, 0.1) is 6.04 Å². The number of hydrogen-bond donors (Lipinski definition) is 2. The number of amides is 1. The van der Waals surface area contributed by atoms with Gasteiger partial charge in [0, 0.05) is 31.9 Å². The van der Waals surface area contributed by atoms with Crippen LogP contribution in [-0.2, 0) is 4.79 Å². The first-order chi connectivity index (χ1) is 14.6. The predicted octanol–water partition coefficient (Wildman–Crippen LogP) is 2.61. The fraction of sp³-hybridized carbons (Fsp3) is 0.318. The summed E-state index contributed by atoms with van der Waals surface area (Å²) >= 11 is 1.50. The van der Waals surface area contributed by atoms with Crippen LogP contribution in [-0.4, -0.2) is 54.6 Å². The van der Waals surface area contributed by atoms with Gasteiger partial charge in [-0.1, -0.05) is 12.1 Å². The zero-order valence-corrected chi connectivity index (χ0v) is 17.0. The van der Waals surface area contributed by atoms with Gasteiger partial charge >= 0.3 is 0 Å². The van der Waals surface area contributed by atoms with Gasteiger partial charge in [-0.05, 0) is 52.9 Å². The Morgan fingerprint density at radius 1 is 0.900 bits per heavy atom. The lowest BCUT2D eigenvalue weighted by molar-refractivity contribution is -0.125. The average Bonchev–Trinajstić information content (AvgIpc) is 3.20. The van der Waals surface area contributed by atoms with Gasteiger partial charge in [-0.25, -0.2) is 8.78 Å². The third-order valence-corrected chi connectivity index (χ3v) is 7.07. The normalized spacial score (nSPS) is 26.9. The van der Waals surface area contributed by atoms with Crippen LogP contribution in [0.4, 0.5) is 14.5 Å². The minimum atomic E-state index is -0.271. The van der Waals surface area contributed by atoms with Crippen LogP contribution in [0, 0.1) is 11.6 Å². The summed E-state index contributed by atoms with van der Waals surface area (Å²) < 4.78 is 26.5. The van der Waals surface area contributed by atoms with Crippen LogP contribution in [0.3, 0.4) is 0 Å². The van der Waals surface area contributed by atoms with Gasteiger partial charge in [-0.3, -0.25) is 15.0 Å². The van der Waals surface area contributed by atoms with Gasteiger partial charge in [0.15, 0.2) is 0 Å². The van der Waals surface area contributed by atoms with Crippen LogP contribution >= 0.6 is 11.8 Å². The Kier molecular flexibility index (Phi) is 5.22. The number of carbonyl (C=O) groups excluding carboxylic acids is 1. The number of fused-ring (bicyclic) bond motifs is 1. The highest BCUT2D eigenvalue weighted by molar-refractivity contribution is 8.04. The lowest BCUT2D eigenvalue weighted by Crippen LogP contribution is -2.69. The van der Waals surface area contributed by atoms with E-state index in [9.17, 15) is 13.6 Å². The Hall–Kier alpha value is -2.42. The van der Waals surface area contributed by atoms with Crippen molar-refractivity contribution in [2.24, 2.45) is 0 Å². The first-order valence-electron chi connectivity index (χ1n) is 10.0. The molecule has 0 radical (unpaired) electrons. The molecule has 5 nitrogen and oxygen atoms in total. The summed E-state index contributed by atoms with van der Waals surface area (Å²) in [5, 5.41) is 8.46. The van der Waals surface area contributed by atoms with Gasteiger partial charge in [0.25, 0.3) is 0 Å². The molecular formula is C22H22F2N4OS. The number of nitrogens with one attached hydrogen (secondary N) is 2. The number of piperazine rings is 1. The third kappa shape index (κ3) is 3.71. The van der Waals surface area contributed by atoms with Crippen LogP contribution in [0.1, 0.15) is 5.56 Å². The minimum Gasteiger partial charge on any atom is -0.369 e. The Balaban J connectivity index is 1.26. The fourth-order valence-electron chi connectivity index (χ4n) is 4.26. The number of halogens is 2. The van der Waals surface area contributed by atoms with Crippen LogP contribution in [0.2, 0.25) is 0 Å². The molecule has 5 rings (SSSR count). The molecule has 30 heavy (non-hydrogen) atoms. The van der Waals surface area contributed by atoms with Gasteiger partial charge < -0.3 is 10.2 Å². The monoisotopic (exact) mass is 428 g/mol. The Bertz CT molecular complexity index is 958. The predicted molar refractivity (Wildman–Crippen MR) is 115 cm³/mol. The Labute approximate surface area is 178 Å². The summed E-state index contributed by atoms with van der Waals surface area (Å²) in [6.45, 7) is 3.14. The average molecular weight is 429 g/mol. The molecule has 2 fully saturated rings. The number of rotatable bonds is 3. The molecule has 2 N–H and O–H groups in total. The molecule has 3 aliphatic heterocycles. The summed E-state index contributed by atoms with van der Waals surface area (Å²) in [6, 6.07) is 12.8. The van der Waals surface area contributed by atoms with Crippen LogP contribution in [0.15, 0.2) is 53.9 Å². The fourth-order valence-corrected chi connectivity index (χ4v) is 5.41. The Morgan fingerprint density at radius 2 is 1.53 bits per heavy atom. The van der Waals surface area contributed by atoms with E-state index < -0.39 is 0 Å². The minimum absolute atomic E-state index is 0.0167. The van der Waals surface area contributed by atoms with Gasteiger partial charge in [0.1, 0.15) is 23.2 Å². The zero-order valence-electron chi connectivity index (χ0n) is 16.2. The molecule has 0 aliphatic carbocycles. The van der Waals surface area contributed by atoms with Crippen molar-refractivity contribution in [1.29, 1.82) is 0 Å². The highest BCUT2D eigenvalue weighted by atomic mass is 32.2. The molecule has 3 heterocycles. The van der Waals surface area contributed by atoms with Crippen molar-refractivity contribution in [1.82, 2.24) is 15.5 Å². The van der Waals surface area contributed by atoms with Crippen LogP contribution < -0.4 is 15.5 Å². The number of benzene rings is 2. The van der Waals surface area contributed by atoms with Crippen LogP contribution in [0.5, 0.6) is 0 Å². The van der Waals surface area contributed by atoms with E-state index in [4.69, 9.17) is 0 Å². The number of nitrogens with zero attached hydrogens (tertiary/aromatic N) is 2. The molecule has 0 aromatic heterocycles. The SMILES string of the molecule is O=C1NC(N2CCN(c3ccc(F)cc3)CC2)NC2C(c3ccc(F)cc3)=CSC12. The first-order valence-corrected chi connectivity index (χ1v) is 11.0. The largest absolute Gasteiger partial charge is 0.369 e. The van der Waals surface area contributed by atoms with Crippen molar-refractivity contribution in [2.75, 3.05) is 31.1 Å². The lowest BCUT2D eigenvalue weighted by Gasteiger charge is -2.44. The second-order valence-electron chi connectivity index (χ2n) is 7.69.